The lowest BCUT2D eigenvalue weighted by Crippen LogP contribution is -2.30. The first-order chi connectivity index (χ1) is 13.0. The van der Waals surface area contributed by atoms with Crippen LogP contribution < -0.4 is 5.32 Å². The van der Waals surface area contributed by atoms with Gasteiger partial charge in [0.1, 0.15) is 0 Å². The van der Waals surface area contributed by atoms with E-state index in [1.165, 1.54) is 0 Å². The summed E-state index contributed by atoms with van der Waals surface area (Å²) in [5.74, 6) is -1.22. The molecule has 0 aliphatic heterocycles. The molecule has 0 aliphatic rings. The Hall–Kier alpha value is -1.46. The van der Waals surface area contributed by atoms with E-state index in [9.17, 15) is 9.36 Å². The van der Waals surface area contributed by atoms with Gasteiger partial charge in [0.2, 0.25) is 0 Å². The van der Waals surface area contributed by atoms with Gasteiger partial charge in [0.25, 0.3) is 5.91 Å². The number of rotatable bonds is 10. The molecule has 0 aromatic heterocycles. The molecule has 27 heavy (non-hydrogen) atoms. The average molecular weight is 454 g/mol. The van der Waals surface area contributed by atoms with Crippen molar-refractivity contribution in [3.8, 4) is 0 Å². The monoisotopic (exact) mass is 453 g/mol. The molecule has 0 saturated carbocycles. The molecule has 2 aromatic rings. The summed E-state index contributed by atoms with van der Waals surface area (Å²) in [6, 6.07) is 16.1. The molecule has 2 rings (SSSR count). The number of hydrogen-bond acceptors (Lipinski definition) is 4. The van der Waals surface area contributed by atoms with Crippen LogP contribution in [-0.2, 0) is 13.6 Å². The van der Waals surface area contributed by atoms with Crippen molar-refractivity contribution in [1.29, 1.82) is 0 Å². The zero-order valence-electron chi connectivity index (χ0n) is 15.6. The highest BCUT2D eigenvalue weighted by Gasteiger charge is 2.38. The van der Waals surface area contributed by atoms with Gasteiger partial charge in [-0.15, -0.1) is 0 Å². The molecule has 0 radical (unpaired) electrons. The number of halogens is 1. The van der Waals surface area contributed by atoms with Crippen LogP contribution in [-0.4, -0.2) is 19.1 Å². The summed E-state index contributed by atoms with van der Waals surface area (Å²) in [4.78, 5) is 12.8. The normalized spacial score (nSPS) is 12.6. The van der Waals surface area contributed by atoms with Crippen molar-refractivity contribution in [1.82, 2.24) is 5.32 Å². The summed E-state index contributed by atoms with van der Waals surface area (Å²) < 4.78 is 25.8. The van der Waals surface area contributed by atoms with Crippen LogP contribution in [0.15, 0.2) is 59.1 Å². The quantitative estimate of drug-likeness (QED) is 0.453. The predicted molar refractivity (Wildman–Crippen MR) is 111 cm³/mol. The van der Waals surface area contributed by atoms with Gasteiger partial charge in [0.15, 0.2) is 5.78 Å². The van der Waals surface area contributed by atoms with Crippen LogP contribution in [0.3, 0.4) is 0 Å². The molecule has 0 heterocycles. The van der Waals surface area contributed by atoms with Crippen LogP contribution in [0.5, 0.6) is 0 Å². The van der Waals surface area contributed by atoms with Crippen molar-refractivity contribution in [2.75, 3.05) is 13.2 Å². The molecule has 1 amide bonds. The Morgan fingerprint density at radius 2 is 1.56 bits per heavy atom. The third-order valence-corrected chi connectivity index (χ3v) is 6.43. The number of carbonyl (C=O) groups excluding carboxylic acids is 1. The maximum absolute atomic E-state index is 13.6. The zero-order chi connectivity index (χ0) is 19.7. The molecule has 2 aromatic carbocycles. The smallest absolute Gasteiger partial charge is 0.334 e. The summed E-state index contributed by atoms with van der Waals surface area (Å²) in [5, 5.41) is 2.86. The van der Waals surface area contributed by atoms with Crippen molar-refractivity contribution in [3.05, 3.63) is 70.2 Å². The molecule has 5 nitrogen and oxygen atoms in total. The lowest BCUT2D eigenvalue weighted by Gasteiger charge is -2.28. The van der Waals surface area contributed by atoms with Crippen molar-refractivity contribution in [2.45, 2.75) is 32.5 Å². The summed E-state index contributed by atoms with van der Waals surface area (Å²) >= 11 is 3.35. The van der Waals surface area contributed by atoms with Gasteiger partial charge in [-0.05, 0) is 42.7 Å². The van der Waals surface area contributed by atoms with Gasteiger partial charge in [0, 0.05) is 10.0 Å². The molecule has 0 fully saturated rings. The van der Waals surface area contributed by atoms with E-state index in [-0.39, 0.29) is 5.91 Å². The standard InChI is InChI=1S/C20H25BrNO4P/c1-3-14-25-27(24,26-15-4-2)20(17-8-6-5-7-9-17)22-19(23)16-10-12-18(21)13-11-16/h5-13,20H,3-4,14-15H2,1-2H3,(H,22,23). The van der Waals surface area contributed by atoms with E-state index in [0.29, 0.717) is 37.2 Å². The lowest BCUT2D eigenvalue weighted by atomic mass is 10.2. The fourth-order valence-corrected chi connectivity index (χ4v) is 4.74. The summed E-state index contributed by atoms with van der Waals surface area (Å²) in [6.07, 6.45) is 1.39. The van der Waals surface area contributed by atoms with Crippen LogP contribution in [0, 0.1) is 0 Å². The molecular formula is C20H25BrNO4P. The van der Waals surface area contributed by atoms with Crippen molar-refractivity contribution >= 4 is 29.4 Å². The van der Waals surface area contributed by atoms with Crippen LogP contribution >= 0.6 is 23.5 Å². The molecule has 0 aliphatic carbocycles. The number of benzene rings is 2. The number of hydrogen-bond donors (Lipinski definition) is 1. The largest absolute Gasteiger partial charge is 0.357 e. The molecular weight excluding hydrogens is 429 g/mol. The maximum Gasteiger partial charge on any atom is 0.357 e. The van der Waals surface area contributed by atoms with E-state index in [1.807, 2.05) is 44.2 Å². The minimum Gasteiger partial charge on any atom is -0.334 e. The molecule has 1 N–H and O–H groups in total. The second-order valence-electron chi connectivity index (χ2n) is 6.00. The third-order valence-electron chi connectivity index (χ3n) is 3.76. The van der Waals surface area contributed by atoms with E-state index in [1.54, 1.807) is 24.3 Å². The summed E-state index contributed by atoms with van der Waals surface area (Å²) in [7, 11) is -3.61. The van der Waals surface area contributed by atoms with Gasteiger partial charge in [-0.3, -0.25) is 9.36 Å². The predicted octanol–water partition coefficient (Wildman–Crippen LogP) is 5.92. The Bertz CT molecular complexity index is 755. The van der Waals surface area contributed by atoms with Crippen molar-refractivity contribution in [3.63, 3.8) is 0 Å². The summed E-state index contributed by atoms with van der Waals surface area (Å²) in [5.41, 5.74) is 1.15. The van der Waals surface area contributed by atoms with Gasteiger partial charge in [-0.1, -0.05) is 60.1 Å². The zero-order valence-corrected chi connectivity index (χ0v) is 18.0. The van der Waals surface area contributed by atoms with Crippen LogP contribution in [0.1, 0.15) is 48.4 Å². The second kappa shape index (κ2) is 10.8. The Morgan fingerprint density at radius 3 is 2.07 bits per heavy atom. The molecule has 0 saturated heterocycles. The molecule has 1 atom stereocenters. The highest BCUT2D eigenvalue weighted by atomic mass is 79.9. The lowest BCUT2D eigenvalue weighted by molar-refractivity contribution is 0.0936. The minimum absolute atomic E-state index is 0.290. The number of nitrogens with one attached hydrogen (secondary N) is 1. The second-order valence-corrected chi connectivity index (χ2v) is 9.03. The topological polar surface area (TPSA) is 64.6 Å². The van der Waals surface area contributed by atoms with E-state index in [4.69, 9.17) is 9.05 Å². The molecule has 146 valence electrons. The van der Waals surface area contributed by atoms with E-state index in [0.717, 1.165) is 4.47 Å². The van der Waals surface area contributed by atoms with Crippen molar-refractivity contribution in [2.24, 2.45) is 0 Å². The van der Waals surface area contributed by atoms with Crippen molar-refractivity contribution < 1.29 is 18.4 Å². The van der Waals surface area contributed by atoms with Gasteiger partial charge < -0.3 is 14.4 Å². The van der Waals surface area contributed by atoms with Crippen LogP contribution in [0.2, 0.25) is 0 Å². The Morgan fingerprint density at radius 1 is 1.00 bits per heavy atom. The maximum atomic E-state index is 13.6. The molecule has 7 heteroatoms. The number of amides is 1. The molecule has 1 unspecified atom stereocenters. The SMILES string of the molecule is CCCOP(=O)(OCCC)C(NC(=O)c1ccc(Br)cc1)c1ccccc1. The highest BCUT2D eigenvalue weighted by Crippen LogP contribution is 2.59. The van der Waals surface area contributed by atoms with Gasteiger partial charge in [0.05, 0.1) is 13.2 Å². The first-order valence-electron chi connectivity index (χ1n) is 9.00. The van der Waals surface area contributed by atoms with Crippen LogP contribution in [0.25, 0.3) is 0 Å². The molecule has 0 bridgehead atoms. The molecule has 0 spiro atoms. The average Bonchev–Trinajstić information content (AvgIpc) is 2.70. The third kappa shape index (κ3) is 6.28. The minimum atomic E-state index is -3.61. The van der Waals surface area contributed by atoms with Gasteiger partial charge in [-0.25, -0.2) is 0 Å². The van der Waals surface area contributed by atoms with Gasteiger partial charge >= 0.3 is 7.60 Å². The van der Waals surface area contributed by atoms with Gasteiger partial charge in [-0.2, -0.15) is 0 Å². The fourth-order valence-electron chi connectivity index (χ4n) is 2.41. The number of carbonyl (C=O) groups is 1. The van der Waals surface area contributed by atoms with Crippen LogP contribution in [0.4, 0.5) is 0 Å². The Balaban J connectivity index is 2.35. The first-order valence-corrected chi connectivity index (χ1v) is 11.4. The highest BCUT2D eigenvalue weighted by molar-refractivity contribution is 9.10. The van der Waals surface area contributed by atoms with E-state index in [2.05, 4.69) is 21.2 Å². The van der Waals surface area contributed by atoms with E-state index < -0.39 is 13.4 Å². The Labute approximate surface area is 169 Å². The Kier molecular flexibility index (Phi) is 8.71. The summed E-state index contributed by atoms with van der Waals surface area (Å²) in [6.45, 7) is 4.45. The fraction of sp³-hybridized carbons (Fsp3) is 0.350. The van der Waals surface area contributed by atoms with E-state index >= 15 is 0 Å². The first kappa shape index (κ1) is 21.8.